The summed E-state index contributed by atoms with van der Waals surface area (Å²) in [6.45, 7) is 7.21. The number of nitrogens with zero attached hydrogens (tertiary/aromatic N) is 1. The van der Waals surface area contributed by atoms with Gasteiger partial charge in [0, 0.05) is 12.5 Å². The molecule has 0 bridgehead atoms. The zero-order valence-electron chi connectivity index (χ0n) is 17.8. The van der Waals surface area contributed by atoms with Crippen molar-refractivity contribution in [3.63, 3.8) is 0 Å². The largest absolute Gasteiger partial charge is 0.744 e. The first-order chi connectivity index (χ1) is 14.8. The van der Waals surface area contributed by atoms with Crippen LogP contribution in [-0.4, -0.2) is 13.0 Å². The maximum absolute atomic E-state index is 10.4. The van der Waals surface area contributed by atoms with Crippen molar-refractivity contribution in [2.24, 2.45) is 0 Å². The Morgan fingerprint density at radius 1 is 0.806 bits per heavy atom. The molecular formula is C25H25NO3S2. The van der Waals surface area contributed by atoms with Gasteiger partial charge in [0.2, 0.25) is 10.7 Å². The van der Waals surface area contributed by atoms with E-state index in [2.05, 4.69) is 78.4 Å². The lowest BCUT2D eigenvalue weighted by atomic mass is 10.0. The van der Waals surface area contributed by atoms with Gasteiger partial charge in [-0.3, -0.25) is 0 Å². The van der Waals surface area contributed by atoms with Gasteiger partial charge in [0.05, 0.1) is 10.3 Å². The van der Waals surface area contributed by atoms with Gasteiger partial charge in [-0.05, 0) is 49.2 Å². The van der Waals surface area contributed by atoms with E-state index in [1.165, 1.54) is 39.5 Å². The summed E-state index contributed by atoms with van der Waals surface area (Å²) in [5.74, 6) is 0. The second-order valence-electron chi connectivity index (χ2n) is 7.09. The van der Waals surface area contributed by atoms with Gasteiger partial charge < -0.3 is 4.55 Å². The van der Waals surface area contributed by atoms with Crippen LogP contribution in [0.3, 0.4) is 0 Å². The van der Waals surface area contributed by atoms with E-state index in [1.54, 1.807) is 12.1 Å². The highest BCUT2D eigenvalue weighted by molar-refractivity contribution is 7.85. The molecule has 0 aliphatic carbocycles. The summed E-state index contributed by atoms with van der Waals surface area (Å²) in [7, 11) is -4.27. The van der Waals surface area contributed by atoms with Crippen molar-refractivity contribution in [1.29, 1.82) is 0 Å². The number of aromatic nitrogens is 1. The van der Waals surface area contributed by atoms with Crippen LogP contribution >= 0.6 is 11.3 Å². The van der Waals surface area contributed by atoms with Gasteiger partial charge in [0.25, 0.3) is 0 Å². The minimum atomic E-state index is -4.27. The first kappa shape index (κ1) is 22.9. The van der Waals surface area contributed by atoms with E-state index in [1.807, 2.05) is 18.3 Å². The predicted octanol–water partition coefficient (Wildman–Crippen LogP) is 5.60. The van der Waals surface area contributed by atoms with Gasteiger partial charge in [0.15, 0.2) is 0 Å². The van der Waals surface area contributed by atoms with Crippen LogP contribution in [0.5, 0.6) is 0 Å². The summed E-state index contributed by atoms with van der Waals surface area (Å²) in [6, 6.07) is 25.1. The van der Waals surface area contributed by atoms with Crippen LogP contribution in [0.4, 0.5) is 0 Å². The molecular weight excluding hydrogens is 426 g/mol. The molecule has 1 aromatic heterocycles. The Morgan fingerprint density at radius 2 is 1.35 bits per heavy atom. The molecule has 0 radical (unpaired) electrons. The van der Waals surface area contributed by atoms with Crippen LogP contribution in [-0.2, 0) is 16.7 Å². The van der Waals surface area contributed by atoms with Crippen LogP contribution in [0.25, 0.3) is 22.4 Å². The number of thiazole rings is 1. The maximum atomic E-state index is 10.4. The lowest BCUT2D eigenvalue weighted by molar-refractivity contribution is -0.683. The third kappa shape index (κ3) is 5.88. The number of hydrogen-bond acceptors (Lipinski definition) is 4. The Balaban J connectivity index is 0.000000210. The molecule has 160 valence electrons. The summed E-state index contributed by atoms with van der Waals surface area (Å²) in [4.78, 5) is -0.178. The number of aryl methyl sites for hydroxylation is 2. The van der Waals surface area contributed by atoms with Gasteiger partial charge >= 0.3 is 0 Å². The normalized spacial score (nSPS) is 11.0. The molecule has 3 aromatic carbocycles. The van der Waals surface area contributed by atoms with E-state index in [-0.39, 0.29) is 4.90 Å². The monoisotopic (exact) mass is 451 g/mol. The summed E-state index contributed by atoms with van der Waals surface area (Å²) in [5.41, 5.74) is 6.07. The number of hydrogen-bond donors (Lipinski definition) is 0. The molecule has 0 aliphatic heterocycles. The summed E-state index contributed by atoms with van der Waals surface area (Å²) >= 11 is 1.81. The molecule has 31 heavy (non-hydrogen) atoms. The third-order valence-electron chi connectivity index (χ3n) is 4.93. The van der Waals surface area contributed by atoms with Crippen LogP contribution in [0.15, 0.2) is 89.1 Å². The molecule has 0 saturated heterocycles. The smallest absolute Gasteiger partial charge is 0.234 e. The number of rotatable bonds is 4. The average Bonchev–Trinajstić information content (AvgIpc) is 3.15. The molecule has 6 heteroatoms. The molecule has 0 saturated carbocycles. The molecule has 4 aromatic rings. The molecule has 1 heterocycles. The highest BCUT2D eigenvalue weighted by Crippen LogP contribution is 2.24. The van der Waals surface area contributed by atoms with Crippen molar-refractivity contribution >= 4 is 21.5 Å². The molecule has 0 amide bonds. The quantitative estimate of drug-likeness (QED) is 0.300. The minimum Gasteiger partial charge on any atom is -0.744 e. The topological polar surface area (TPSA) is 61.1 Å². The molecule has 0 aliphatic rings. The molecule has 0 unspecified atom stereocenters. The van der Waals surface area contributed by atoms with Crippen molar-refractivity contribution in [3.05, 3.63) is 94.8 Å². The molecule has 4 nitrogen and oxygen atoms in total. The van der Waals surface area contributed by atoms with Gasteiger partial charge in [-0.15, -0.1) is 0 Å². The van der Waals surface area contributed by atoms with E-state index >= 15 is 0 Å². The van der Waals surface area contributed by atoms with Gasteiger partial charge in [-0.1, -0.05) is 71.5 Å². The predicted molar refractivity (Wildman–Crippen MR) is 125 cm³/mol. The zero-order chi connectivity index (χ0) is 22.4. The van der Waals surface area contributed by atoms with Crippen LogP contribution in [0.2, 0.25) is 0 Å². The van der Waals surface area contributed by atoms with E-state index in [4.69, 9.17) is 0 Å². The molecule has 0 atom stereocenters. The minimum absolute atomic E-state index is 0.178. The van der Waals surface area contributed by atoms with E-state index in [0.29, 0.717) is 0 Å². The van der Waals surface area contributed by atoms with Gasteiger partial charge in [-0.25, -0.2) is 8.42 Å². The highest BCUT2D eigenvalue weighted by Gasteiger charge is 2.16. The number of benzene rings is 3. The average molecular weight is 452 g/mol. The van der Waals surface area contributed by atoms with Crippen molar-refractivity contribution in [2.75, 3.05) is 0 Å². The Labute approximate surface area is 188 Å². The van der Waals surface area contributed by atoms with Crippen molar-refractivity contribution in [3.8, 4) is 22.4 Å². The SMILES string of the molecule is CC[n+]1c(-c2ccc(-c3ccccc3)cc2)csc1C.Cc1ccc(S(=O)(=O)[O-])cc1. The van der Waals surface area contributed by atoms with Crippen molar-refractivity contribution in [1.82, 2.24) is 0 Å². The Bertz CT molecular complexity index is 1230. The molecule has 0 spiro atoms. The van der Waals surface area contributed by atoms with Gasteiger partial charge in [0.1, 0.15) is 16.7 Å². The zero-order valence-corrected chi connectivity index (χ0v) is 19.4. The fourth-order valence-corrected chi connectivity index (χ4v) is 4.59. The fourth-order valence-electron chi connectivity index (χ4n) is 3.22. The van der Waals surface area contributed by atoms with Crippen molar-refractivity contribution < 1.29 is 17.5 Å². The first-order valence-corrected chi connectivity index (χ1v) is 12.2. The van der Waals surface area contributed by atoms with E-state index in [9.17, 15) is 13.0 Å². The van der Waals surface area contributed by atoms with E-state index < -0.39 is 10.1 Å². The fraction of sp³-hybridized carbons (Fsp3) is 0.160. The van der Waals surface area contributed by atoms with Crippen LogP contribution in [0.1, 0.15) is 17.5 Å². The molecule has 0 fully saturated rings. The van der Waals surface area contributed by atoms with Crippen LogP contribution in [0, 0.1) is 13.8 Å². The molecule has 4 rings (SSSR count). The van der Waals surface area contributed by atoms with Gasteiger partial charge in [-0.2, -0.15) is 4.57 Å². The lowest BCUT2D eigenvalue weighted by Crippen LogP contribution is -2.35. The van der Waals surface area contributed by atoms with Crippen LogP contribution < -0.4 is 4.57 Å². The third-order valence-corrected chi connectivity index (χ3v) is 6.68. The molecule has 0 N–H and O–H groups in total. The lowest BCUT2D eigenvalue weighted by Gasteiger charge is -2.05. The standard InChI is InChI=1S/C18H18NS.C7H8O3S/c1-3-19-14(2)20-13-18(19)17-11-9-16(10-12-17)15-7-5-4-6-8-15;1-6-2-4-7(5-3-6)11(8,9)10/h4-13H,3H2,1-2H3;2-5H,1H3,(H,8,9,10)/q+1;/p-1. The highest BCUT2D eigenvalue weighted by atomic mass is 32.2. The Hall–Kier alpha value is -2.80. The second-order valence-corrected chi connectivity index (χ2v) is 9.54. The van der Waals surface area contributed by atoms with Crippen molar-refractivity contribution in [2.45, 2.75) is 32.2 Å². The van der Waals surface area contributed by atoms with E-state index in [0.717, 1.165) is 12.1 Å². The second kappa shape index (κ2) is 10.0. The summed E-state index contributed by atoms with van der Waals surface area (Å²) < 4.78 is 33.5. The first-order valence-electron chi connectivity index (χ1n) is 9.96. The summed E-state index contributed by atoms with van der Waals surface area (Å²) in [5, 5.41) is 3.60. The summed E-state index contributed by atoms with van der Waals surface area (Å²) in [6.07, 6.45) is 0. The maximum Gasteiger partial charge on any atom is 0.234 e. The Morgan fingerprint density at radius 3 is 1.90 bits per heavy atom. The Kier molecular flexibility index (Phi) is 7.38.